The SMILES string of the molecule is COC(=O)c1ccccc1NC(=O)COC(=O)CN1C(=O)[C@H]2CC=CC[C@H]2C1=O. The largest absolute Gasteiger partial charge is 0.465 e. The quantitative estimate of drug-likeness (QED) is 0.428. The molecule has 2 atom stereocenters. The summed E-state index contributed by atoms with van der Waals surface area (Å²) in [6.07, 6.45) is 4.65. The van der Waals surface area contributed by atoms with Gasteiger partial charge in [-0.3, -0.25) is 24.1 Å². The fraction of sp³-hybridized carbons (Fsp3) is 0.350. The van der Waals surface area contributed by atoms with Gasteiger partial charge in [-0.1, -0.05) is 24.3 Å². The summed E-state index contributed by atoms with van der Waals surface area (Å²) in [7, 11) is 1.22. The van der Waals surface area contributed by atoms with E-state index in [1.54, 1.807) is 12.1 Å². The van der Waals surface area contributed by atoms with E-state index >= 15 is 0 Å². The van der Waals surface area contributed by atoms with Crippen LogP contribution in [0.15, 0.2) is 36.4 Å². The summed E-state index contributed by atoms with van der Waals surface area (Å²) in [5.74, 6) is -3.81. The highest BCUT2D eigenvalue weighted by Crippen LogP contribution is 2.34. The van der Waals surface area contributed by atoms with E-state index < -0.39 is 54.6 Å². The summed E-state index contributed by atoms with van der Waals surface area (Å²) < 4.78 is 9.53. The Kier molecular flexibility index (Phi) is 6.06. The van der Waals surface area contributed by atoms with Gasteiger partial charge in [0, 0.05) is 0 Å². The van der Waals surface area contributed by atoms with Gasteiger partial charge in [0.05, 0.1) is 30.2 Å². The first-order valence-corrected chi connectivity index (χ1v) is 9.05. The monoisotopic (exact) mass is 400 g/mol. The molecule has 3 rings (SSSR count). The number of methoxy groups -OCH3 is 1. The Labute approximate surface area is 166 Å². The Balaban J connectivity index is 1.53. The molecule has 1 aliphatic carbocycles. The van der Waals surface area contributed by atoms with Gasteiger partial charge < -0.3 is 14.8 Å². The maximum absolute atomic E-state index is 12.3. The van der Waals surface area contributed by atoms with E-state index in [2.05, 4.69) is 10.1 Å². The first-order chi connectivity index (χ1) is 13.9. The fourth-order valence-corrected chi connectivity index (χ4v) is 3.41. The Hall–Kier alpha value is -3.49. The van der Waals surface area contributed by atoms with Crippen molar-refractivity contribution < 1.29 is 33.4 Å². The maximum atomic E-state index is 12.3. The zero-order chi connectivity index (χ0) is 21.0. The van der Waals surface area contributed by atoms with Gasteiger partial charge in [0.1, 0.15) is 6.54 Å². The molecule has 1 saturated heterocycles. The molecule has 1 fully saturated rings. The minimum atomic E-state index is -0.866. The van der Waals surface area contributed by atoms with Crippen LogP contribution in [0.5, 0.6) is 0 Å². The second-order valence-corrected chi connectivity index (χ2v) is 6.66. The van der Waals surface area contributed by atoms with E-state index in [0.29, 0.717) is 12.8 Å². The number of para-hydroxylation sites is 1. The van der Waals surface area contributed by atoms with Crippen LogP contribution >= 0.6 is 0 Å². The predicted molar refractivity (Wildman–Crippen MR) is 99.4 cm³/mol. The second kappa shape index (κ2) is 8.68. The third kappa shape index (κ3) is 4.34. The molecule has 9 nitrogen and oxygen atoms in total. The summed E-state index contributed by atoms with van der Waals surface area (Å²) in [6, 6.07) is 6.21. The molecule has 0 unspecified atom stereocenters. The van der Waals surface area contributed by atoms with Crippen LogP contribution in [0.2, 0.25) is 0 Å². The van der Waals surface area contributed by atoms with Crippen molar-refractivity contribution in [2.75, 3.05) is 25.6 Å². The molecule has 1 heterocycles. The topological polar surface area (TPSA) is 119 Å². The highest BCUT2D eigenvalue weighted by molar-refractivity contribution is 6.07. The second-order valence-electron chi connectivity index (χ2n) is 6.66. The lowest BCUT2D eigenvalue weighted by Crippen LogP contribution is -2.37. The lowest BCUT2D eigenvalue weighted by Gasteiger charge is -2.14. The summed E-state index contributed by atoms with van der Waals surface area (Å²) in [6.45, 7) is -1.16. The standard InChI is InChI=1S/C20H20N2O7/c1-28-20(27)14-8-4-5-9-15(14)21-16(23)11-29-17(24)10-22-18(25)12-6-2-3-7-13(12)19(22)26/h2-5,8-9,12-13H,6-7,10-11H2,1H3,(H,21,23)/t12-,13+. The normalized spacial score (nSPS) is 20.2. The smallest absolute Gasteiger partial charge is 0.339 e. The van der Waals surface area contributed by atoms with E-state index in [0.717, 1.165) is 4.90 Å². The number of fused-ring (bicyclic) bond motifs is 1. The molecular formula is C20H20N2O7. The summed E-state index contributed by atoms with van der Waals surface area (Å²) in [5, 5.41) is 2.46. The molecule has 0 bridgehead atoms. The Morgan fingerprint density at radius 2 is 1.69 bits per heavy atom. The number of imide groups is 1. The van der Waals surface area contributed by atoms with Crippen LogP contribution in [0.3, 0.4) is 0 Å². The number of hydrogen-bond donors (Lipinski definition) is 1. The average Bonchev–Trinajstić information content (AvgIpc) is 2.97. The van der Waals surface area contributed by atoms with Gasteiger partial charge in [0.15, 0.2) is 6.61 Å². The zero-order valence-corrected chi connectivity index (χ0v) is 15.8. The summed E-state index contributed by atoms with van der Waals surface area (Å²) >= 11 is 0. The van der Waals surface area contributed by atoms with Crippen molar-refractivity contribution in [1.82, 2.24) is 4.90 Å². The van der Waals surface area contributed by atoms with Crippen LogP contribution in [-0.4, -0.2) is 54.8 Å². The van der Waals surface area contributed by atoms with E-state index in [-0.39, 0.29) is 11.3 Å². The maximum Gasteiger partial charge on any atom is 0.339 e. The third-order valence-corrected chi connectivity index (χ3v) is 4.86. The van der Waals surface area contributed by atoms with Crippen molar-refractivity contribution in [2.45, 2.75) is 12.8 Å². The van der Waals surface area contributed by atoms with Gasteiger partial charge >= 0.3 is 11.9 Å². The first-order valence-electron chi connectivity index (χ1n) is 9.05. The summed E-state index contributed by atoms with van der Waals surface area (Å²) in [4.78, 5) is 61.4. The molecule has 0 spiro atoms. The zero-order valence-electron chi connectivity index (χ0n) is 15.8. The molecule has 1 N–H and O–H groups in total. The first kappa shape index (κ1) is 20.2. The third-order valence-electron chi connectivity index (χ3n) is 4.86. The fourth-order valence-electron chi connectivity index (χ4n) is 3.41. The number of nitrogens with one attached hydrogen (secondary N) is 1. The summed E-state index contributed by atoms with van der Waals surface area (Å²) in [5.41, 5.74) is 0.362. The van der Waals surface area contributed by atoms with Gasteiger partial charge in [-0.05, 0) is 25.0 Å². The minimum absolute atomic E-state index is 0.152. The molecule has 29 heavy (non-hydrogen) atoms. The lowest BCUT2D eigenvalue weighted by atomic mass is 9.85. The molecule has 152 valence electrons. The van der Waals surface area contributed by atoms with E-state index in [1.807, 2.05) is 12.2 Å². The molecule has 2 aliphatic rings. The molecule has 0 aromatic heterocycles. The van der Waals surface area contributed by atoms with Crippen LogP contribution in [0.25, 0.3) is 0 Å². The van der Waals surface area contributed by atoms with Gasteiger partial charge in [-0.15, -0.1) is 0 Å². The highest BCUT2D eigenvalue weighted by Gasteiger charge is 2.47. The van der Waals surface area contributed by atoms with Crippen molar-refractivity contribution in [3.8, 4) is 0 Å². The van der Waals surface area contributed by atoms with Gasteiger partial charge in [-0.2, -0.15) is 0 Å². The Morgan fingerprint density at radius 1 is 1.07 bits per heavy atom. The molecule has 1 aliphatic heterocycles. The van der Waals surface area contributed by atoms with Crippen molar-refractivity contribution >= 4 is 35.3 Å². The van der Waals surface area contributed by atoms with Crippen LogP contribution in [0.4, 0.5) is 5.69 Å². The number of rotatable bonds is 6. The number of hydrogen-bond acceptors (Lipinski definition) is 7. The van der Waals surface area contributed by atoms with Crippen molar-refractivity contribution in [1.29, 1.82) is 0 Å². The molecular weight excluding hydrogens is 380 g/mol. The van der Waals surface area contributed by atoms with Gasteiger partial charge in [0.25, 0.3) is 5.91 Å². The van der Waals surface area contributed by atoms with Crippen LogP contribution in [0, 0.1) is 11.8 Å². The predicted octanol–water partition coefficient (Wildman–Crippen LogP) is 0.906. The Bertz CT molecular complexity index is 867. The molecule has 0 radical (unpaired) electrons. The number of allylic oxidation sites excluding steroid dienone is 2. The number of likely N-dealkylation sites (tertiary alicyclic amines) is 1. The van der Waals surface area contributed by atoms with E-state index in [9.17, 15) is 24.0 Å². The minimum Gasteiger partial charge on any atom is -0.465 e. The molecule has 0 saturated carbocycles. The van der Waals surface area contributed by atoms with Crippen molar-refractivity contribution in [2.24, 2.45) is 11.8 Å². The van der Waals surface area contributed by atoms with Crippen LogP contribution < -0.4 is 5.32 Å². The van der Waals surface area contributed by atoms with Crippen LogP contribution in [-0.2, 0) is 28.7 Å². The van der Waals surface area contributed by atoms with Crippen molar-refractivity contribution in [3.05, 3.63) is 42.0 Å². The van der Waals surface area contributed by atoms with E-state index in [1.165, 1.54) is 19.2 Å². The Morgan fingerprint density at radius 3 is 2.31 bits per heavy atom. The lowest BCUT2D eigenvalue weighted by molar-refractivity contribution is -0.154. The number of nitrogens with zero attached hydrogens (tertiary/aromatic N) is 1. The molecule has 9 heteroatoms. The van der Waals surface area contributed by atoms with Gasteiger partial charge in [0.2, 0.25) is 11.8 Å². The number of ether oxygens (including phenoxy) is 2. The average molecular weight is 400 g/mol. The highest BCUT2D eigenvalue weighted by atomic mass is 16.5. The number of benzene rings is 1. The van der Waals surface area contributed by atoms with E-state index in [4.69, 9.17) is 4.74 Å². The molecule has 3 amide bonds. The van der Waals surface area contributed by atoms with Gasteiger partial charge in [-0.25, -0.2) is 4.79 Å². The molecule has 1 aromatic rings. The number of carbonyl (C=O) groups excluding carboxylic acids is 5. The number of anilines is 1. The number of carbonyl (C=O) groups is 5. The number of amides is 3. The van der Waals surface area contributed by atoms with Crippen LogP contribution in [0.1, 0.15) is 23.2 Å². The van der Waals surface area contributed by atoms with Crippen molar-refractivity contribution in [3.63, 3.8) is 0 Å². The number of esters is 2. The molecule has 1 aromatic carbocycles.